The highest BCUT2D eigenvalue weighted by molar-refractivity contribution is 6.31. The number of halogens is 1. The first-order chi connectivity index (χ1) is 8.76. The summed E-state index contributed by atoms with van der Waals surface area (Å²) < 4.78 is 0. The fourth-order valence-electron chi connectivity index (χ4n) is 1.99. The number of aromatic amines is 1. The summed E-state index contributed by atoms with van der Waals surface area (Å²) >= 11 is 5.97. The average Bonchev–Trinajstić information content (AvgIpc) is 2.81. The van der Waals surface area contributed by atoms with Crippen molar-refractivity contribution in [3.8, 4) is 11.4 Å². The SMILES string of the molecule is NCc1ccnc(-c2cc3ccc(Cl)cc3[nH]2)c1. The average molecular weight is 258 g/mol. The number of fused-ring (bicyclic) bond motifs is 1. The number of hydrogen-bond donors (Lipinski definition) is 2. The Morgan fingerprint density at radius 3 is 2.89 bits per heavy atom. The van der Waals surface area contributed by atoms with Crippen LogP contribution in [0.5, 0.6) is 0 Å². The van der Waals surface area contributed by atoms with Crippen molar-refractivity contribution in [3.05, 3.63) is 53.2 Å². The Kier molecular flexibility index (Phi) is 2.78. The summed E-state index contributed by atoms with van der Waals surface area (Å²) in [4.78, 5) is 7.67. The molecule has 0 spiro atoms. The van der Waals surface area contributed by atoms with Crippen LogP contribution in [0.3, 0.4) is 0 Å². The Balaban J connectivity index is 2.13. The summed E-state index contributed by atoms with van der Waals surface area (Å²) in [6.45, 7) is 0.515. The van der Waals surface area contributed by atoms with Crippen molar-refractivity contribution in [2.24, 2.45) is 5.73 Å². The van der Waals surface area contributed by atoms with Crippen LogP contribution in [0.2, 0.25) is 5.02 Å². The van der Waals surface area contributed by atoms with Crippen molar-refractivity contribution in [1.82, 2.24) is 9.97 Å². The van der Waals surface area contributed by atoms with Crippen molar-refractivity contribution in [2.75, 3.05) is 0 Å². The molecule has 90 valence electrons. The van der Waals surface area contributed by atoms with E-state index in [0.717, 1.165) is 32.9 Å². The molecule has 18 heavy (non-hydrogen) atoms. The molecule has 0 radical (unpaired) electrons. The molecule has 3 rings (SSSR count). The molecule has 2 aromatic heterocycles. The van der Waals surface area contributed by atoms with Crippen LogP contribution < -0.4 is 5.73 Å². The first kappa shape index (κ1) is 11.3. The van der Waals surface area contributed by atoms with E-state index in [1.165, 1.54) is 0 Å². The maximum Gasteiger partial charge on any atom is 0.0867 e. The van der Waals surface area contributed by atoms with E-state index in [9.17, 15) is 0 Å². The molecule has 0 aliphatic heterocycles. The van der Waals surface area contributed by atoms with E-state index < -0.39 is 0 Å². The Morgan fingerprint density at radius 2 is 2.06 bits per heavy atom. The van der Waals surface area contributed by atoms with Crippen molar-refractivity contribution in [2.45, 2.75) is 6.54 Å². The van der Waals surface area contributed by atoms with Gasteiger partial charge in [-0.05, 0) is 35.9 Å². The number of rotatable bonds is 2. The lowest BCUT2D eigenvalue weighted by molar-refractivity contribution is 1.06. The molecule has 0 saturated heterocycles. The van der Waals surface area contributed by atoms with Crippen LogP contribution in [0.15, 0.2) is 42.6 Å². The fourth-order valence-corrected chi connectivity index (χ4v) is 2.16. The third kappa shape index (κ3) is 1.98. The molecule has 0 atom stereocenters. The van der Waals surface area contributed by atoms with Crippen LogP contribution in [0.25, 0.3) is 22.3 Å². The topological polar surface area (TPSA) is 54.7 Å². The molecule has 2 heterocycles. The first-order valence-electron chi connectivity index (χ1n) is 5.70. The van der Waals surface area contributed by atoms with E-state index in [0.29, 0.717) is 6.54 Å². The Morgan fingerprint density at radius 1 is 1.17 bits per heavy atom. The molecule has 0 aliphatic carbocycles. The van der Waals surface area contributed by atoms with E-state index in [1.54, 1.807) is 6.20 Å². The van der Waals surface area contributed by atoms with Gasteiger partial charge in [0.05, 0.1) is 11.4 Å². The summed E-state index contributed by atoms with van der Waals surface area (Å²) in [6, 6.07) is 11.8. The van der Waals surface area contributed by atoms with E-state index in [-0.39, 0.29) is 0 Å². The molecule has 4 heteroatoms. The van der Waals surface area contributed by atoms with E-state index in [2.05, 4.69) is 16.0 Å². The van der Waals surface area contributed by atoms with Gasteiger partial charge < -0.3 is 10.7 Å². The van der Waals surface area contributed by atoms with Crippen molar-refractivity contribution >= 4 is 22.5 Å². The second-order valence-electron chi connectivity index (χ2n) is 4.17. The molecule has 0 amide bonds. The second kappa shape index (κ2) is 4.44. The minimum atomic E-state index is 0.515. The molecule has 0 unspecified atom stereocenters. The third-order valence-electron chi connectivity index (χ3n) is 2.92. The van der Waals surface area contributed by atoms with Gasteiger partial charge in [0.2, 0.25) is 0 Å². The van der Waals surface area contributed by atoms with Gasteiger partial charge >= 0.3 is 0 Å². The van der Waals surface area contributed by atoms with Gasteiger partial charge in [-0.15, -0.1) is 0 Å². The molecule has 0 bridgehead atoms. The summed E-state index contributed by atoms with van der Waals surface area (Å²) in [5, 5.41) is 1.84. The lowest BCUT2D eigenvalue weighted by atomic mass is 10.2. The number of benzene rings is 1. The zero-order valence-electron chi connectivity index (χ0n) is 9.65. The van der Waals surface area contributed by atoms with Gasteiger partial charge in [-0.2, -0.15) is 0 Å². The monoisotopic (exact) mass is 257 g/mol. The van der Waals surface area contributed by atoms with Crippen molar-refractivity contribution in [3.63, 3.8) is 0 Å². The predicted molar refractivity (Wildman–Crippen MR) is 74.4 cm³/mol. The predicted octanol–water partition coefficient (Wildman–Crippen LogP) is 3.34. The molecule has 0 fully saturated rings. The van der Waals surface area contributed by atoms with Gasteiger partial charge in [0.25, 0.3) is 0 Å². The molecular formula is C14H12ClN3. The molecule has 3 N–H and O–H groups in total. The fraction of sp³-hybridized carbons (Fsp3) is 0.0714. The molecule has 0 aliphatic rings. The smallest absolute Gasteiger partial charge is 0.0867 e. The maximum absolute atomic E-state index is 5.97. The van der Waals surface area contributed by atoms with Gasteiger partial charge in [0.15, 0.2) is 0 Å². The van der Waals surface area contributed by atoms with Crippen LogP contribution in [0.4, 0.5) is 0 Å². The minimum Gasteiger partial charge on any atom is -0.353 e. The maximum atomic E-state index is 5.97. The normalized spacial score (nSPS) is 11.0. The zero-order chi connectivity index (χ0) is 12.5. The first-order valence-corrected chi connectivity index (χ1v) is 6.08. The van der Waals surface area contributed by atoms with E-state index >= 15 is 0 Å². The van der Waals surface area contributed by atoms with Crippen molar-refractivity contribution in [1.29, 1.82) is 0 Å². The van der Waals surface area contributed by atoms with Gasteiger partial charge in [-0.3, -0.25) is 4.98 Å². The van der Waals surface area contributed by atoms with E-state index in [1.807, 2.05) is 30.3 Å². The quantitative estimate of drug-likeness (QED) is 0.740. The molecule has 3 aromatic rings. The van der Waals surface area contributed by atoms with Crippen LogP contribution in [0, 0.1) is 0 Å². The van der Waals surface area contributed by atoms with Crippen molar-refractivity contribution < 1.29 is 0 Å². The second-order valence-corrected chi connectivity index (χ2v) is 4.60. The van der Waals surface area contributed by atoms with Gasteiger partial charge in [0.1, 0.15) is 0 Å². The Bertz CT molecular complexity index is 703. The van der Waals surface area contributed by atoms with Gasteiger partial charge in [0, 0.05) is 28.7 Å². The molecule has 3 nitrogen and oxygen atoms in total. The number of aromatic nitrogens is 2. The zero-order valence-corrected chi connectivity index (χ0v) is 10.4. The minimum absolute atomic E-state index is 0.515. The number of H-pyrrole nitrogens is 1. The van der Waals surface area contributed by atoms with Crippen LogP contribution in [-0.4, -0.2) is 9.97 Å². The van der Waals surface area contributed by atoms with Crippen LogP contribution in [-0.2, 0) is 6.54 Å². The lowest BCUT2D eigenvalue weighted by Gasteiger charge is -1.99. The number of hydrogen-bond acceptors (Lipinski definition) is 2. The largest absolute Gasteiger partial charge is 0.353 e. The van der Waals surface area contributed by atoms with Crippen LogP contribution >= 0.6 is 11.6 Å². The molecule has 0 saturated carbocycles. The summed E-state index contributed by atoms with van der Waals surface area (Å²) in [6.07, 6.45) is 1.77. The highest BCUT2D eigenvalue weighted by Crippen LogP contribution is 2.25. The Labute approximate surface area is 110 Å². The standard InChI is InChI=1S/C14H12ClN3/c15-11-2-1-10-6-14(18-12(10)7-11)13-5-9(8-16)3-4-17-13/h1-7,18H,8,16H2. The third-order valence-corrected chi connectivity index (χ3v) is 3.16. The number of nitrogens with two attached hydrogens (primary N) is 1. The lowest BCUT2D eigenvalue weighted by Crippen LogP contribution is -1.97. The highest BCUT2D eigenvalue weighted by atomic mass is 35.5. The van der Waals surface area contributed by atoms with Gasteiger partial charge in [-0.1, -0.05) is 17.7 Å². The van der Waals surface area contributed by atoms with Gasteiger partial charge in [-0.25, -0.2) is 0 Å². The Hall–Kier alpha value is -1.84. The number of nitrogens with zero attached hydrogens (tertiary/aromatic N) is 1. The highest BCUT2D eigenvalue weighted by Gasteiger charge is 2.05. The molecule has 1 aromatic carbocycles. The summed E-state index contributed by atoms with van der Waals surface area (Å²) in [5.41, 5.74) is 9.58. The molecular weight excluding hydrogens is 246 g/mol. The van der Waals surface area contributed by atoms with E-state index in [4.69, 9.17) is 17.3 Å². The van der Waals surface area contributed by atoms with Crippen LogP contribution in [0.1, 0.15) is 5.56 Å². The number of nitrogens with one attached hydrogen (secondary N) is 1. The summed E-state index contributed by atoms with van der Waals surface area (Å²) in [5.74, 6) is 0. The summed E-state index contributed by atoms with van der Waals surface area (Å²) in [7, 11) is 0. The number of pyridine rings is 1.